The van der Waals surface area contributed by atoms with Gasteiger partial charge in [0.25, 0.3) is 0 Å². The van der Waals surface area contributed by atoms with Crippen LogP contribution < -0.4 is 15.4 Å². The number of ether oxygens (including phenoxy) is 1. The quantitative estimate of drug-likeness (QED) is 0.176. The summed E-state index contributed by atoms with van der Waals surface area (Å²) in [6, 6.07) is 5.77. The molecule has 1 saturated carbocycles. The lowest BCUT2D eigenvalue weighted by Crippen LogP contribution is -2.43. The van der Waals surface area contributed by atoms with E-state index in [9.17, 15) is 24.1 Å². The van der Waals surface area contributed by atoms with Crippen LogP contribution in [0.3, 0.4) is 0 Å². The van der Waals surface area contributed by atoms with Crippen LogP contribution in [0.5, 0.6) is 6.01 Å². The van der Waals surface area contributed by atoms with E-state index in [1.165, 1.54) is 0 Å². The van der Waals surface area contributed by atoms with Gasteiger partial charge in [-0.1, -0.05) is 19.9 Å². The van der Waals surface area contributed by atoms with Crippen molar-refractivity contribution in [3.63, 3.8) is 0 Å². The second kappa shape index (κ2) is 14.6. The van der Waals surface area contributed by atoms with Crippen LogP contribution in [0.15, 0.2) is 18.2 Å². The topological polar surface area (TPSA) is 135 Å². The first kappa shape index (κ1) is 39.4. The van der Waals surface area contributed by atoms with E-state index in [4.69, 9.17) is 10.5 Å². The fourth-order valence-electron chi connectivity index (χ4n) is 8.68. The summed E-state index contributed by atoms with van der Waals surface area (Å²) in [7, 11) is 0. The molecular weight excluding hydrogens is 759 g/mol. The Hall–Kier alpha value is -4.87. The predicted molar refractivity (Wildman–Crippen MR) is 200 cm³/mol. The van der Waals surface area contributed by atoms with Crippen molar-refractivity contribution in [3.05, 3.63) is 41.0 Å². The molecule has 4 aromatic rings. The summed E-state index contributed by atoms with van der Waals surface area (Å²) >= 11 is 0.670. The summed E-state index contributed by atoms with van der Waals surface area (Å²) in [4.78, 5) is 27.5. The van der Waals surface area contributed by atoms with Gasteiger partial charge in [-0.15, -0.1) is 11.3 Å². The van der Waals surface area contributed by atoms with Gasteiger partial charge in [0.1, 0.15) is 46.4 Å². The zero-order valence-electron chi connectivity index (χ0n) is 31.1. The number of nitrogens with two attached hydrogens (primary N) is 1. The number of nitrogens with zero attached hydrogens (tertiary/aromatic N) is 7. The Bertz CT molecular complexity index is 2300. The lowest BCUT2D eigenvalue weighted by Gasteiger charge is -2.32. The van der Waals surface area contributed by atoms with Crippen molar-refractivity contribution in [1.29, 1.82) is 10.5 Å². The molecule has 3 aliphatic heterocycles. The number of fused-ring (bicyclic) bond motifs is 3. The minimum absolute atomic E-state index is 0.0418. The molecule has 0 bridgehead atoms. The molecular formula is C39H40F6N8O2S. The standard InChI is InChI=1S/C37H34F6N8O2S.C2H6/c1-2-51(20-6-11-49(16-20)33(52)35(17-45)8-9-35)32-22-12-24(37(41,42)43)27(21-4-5-25(39)30-26(21)23(14-44)31(46)54-30)28(40)29(22)47-34(48-32)53-18-36-7-3-10-50(36)15-19(38)13-36;1-2/h4-5,12,19-20H,2-3,6-11,13,15-16,18,46H2,1H3;1-2H3. The summed E-state index contributed by atoms with van der Waals surface area (Å²) in [5.41, 5.74) is 0.717. The van der Waals surface area contributed by atoms with Crippen molar-refractivity contribution in [2.75, 3.05) is 50.0 Å². The first-order chi connectivity index (χ1) is 26.7. The molecule has 4 aliphatic rings. The smallest absolute Gasteiger partial charge is 0.417 e. The second-order valence-electron chi connectivity index (χ2n) is 14.6. The van der Waals surface area contributed by atoms with E-state index in [2.05, 4.69) is 16.0 Å². The van der Waals surface area contributed by atoms with Crippen LogP contribution in [0.2, 0.25) is 0 Å². The van der Waals surface area contributed by atoms with Gasteiger partial charge in [0, 0.05) is 55.0 Å². The Morgan fingerprint density at radius 3 is 2.55 bits per heavy atom. The molecule has 10 nitrogen and oxygen atoms in total. The van der Waals surface area contributed by atoms with E-state index in [0.717, 1.165) is 24.6 Å². The molecule has 3 atom stereocenters. The molecule has 2 aromatic carbocycles. The molecule has 2 N–H and O–H groups in total. The highest BCUT2D eigenvalue weighted by Gasteiger charge is 2.54. The summed E-state index contributed by atoms with van der Waals surface area (Å²) in [5, 5.41) is 18.8. The second-order valence-corrected chi connectivity index (χ2v) is 15.7. The van der Waals surface area contributed by atoms with Gasteiger partial charge >= 0.3 is 12.2 Å². The van der Waals surface area contributed by atoms with Gasteiger partial charge in [0.05, 0.1) is 27.4 Å². The number of nitrogen functional groups attached to an aromatic ring is 1. The van der Waals surface area contributed by atoms with E-state index in [-0.39, 0.29) is 76.4 Å². The summed E-state index contributed by atoms with van der Waals surface area (Å²) in [6.07, 6.45) is -3.24. The molecule has 1 aliphatic carbocycles. The normalized spacial score (nSPS) is 22.7. The number of likely N-dealkylation sites (N-methyl/N-ethyl adjacent to an activating group) is 1. The van der Waals surface area contributed by atoms with Crippen LogP contribution in [0.1, 0.15) is 70.4 Å². The average molecular weight is 799 g/mol. The fourth-order valence-corrected chi connectivity index (χ4v) is 9.63. The van der Waals surface area contributed by atoms with Crippen LogP contribution in [0.4, 0.5) is 37.2 Å². The number of rotatable bonds is 8. The number of likely N-dealkylation sites (tertiary alicyclic amines) is 1. The highest BCUT2D eigenvalue weighted by Crippen LogP contribution is 2.50. The number of carbonyl (C=O) groups is 1. The zero-order chi connectivity index (χ0) is 40.3. The van der Waals surface area contributed by atoms with Gasteiger partial charge in [0.15, 0.2) is 5.82 Å². The Balaban J connectivity index is 0.00000237. The molecule has 0 radical (unpaired) electrons. The monoisotopic (exact) mass is 798 g/mol. The van der Waals surface area contributed by atoms with E-state index in [0.29, 0.717) is 50.1 Å². The van der Waals surface area contributed by atoms with Crippen molar-refractivity contribution >= 4 is 49.1 Å². The number of carbonyl (C=O) groups excluding carboxylic acids is 1. The third-order valence-corrected chi connectivity index (χ3v) is 12.5. The number of hydrogen-bond acceptors (Lipinski definition) is 10. The van der Waals surface area contributed by atoms with Gasteiger partial charge in [-0.2, -0.15) is 33.7 Å². The van der Waals surface area contributed by atoms with Gasteiger partial charge < -0.3 is 20.3 Å². The molecule has 296 valence electrons. The van der Waals surface area contributed by atoms with Gasteiger partial charge in [-0.25, -0.2) is 13.2 Å². The number of alkyl halides is 4. The molecule has 3 saturated heterocycles. The molecule has 4 fully saturated rings. The Kier molecular flexibility index (Phi) is 10.2. The molecule has 8 rings (SSSR count). The number of hydrogen-bond donors (Lipinski definition) is 1. The molecule has 17 heteroatoms. The van der Waals surface area contributed by atoms with Crippen LogP contribution in [-0.2, 0) is 11.0 Å². The number of benzene rings is 2. The lowest BCUT2D eigenvalue weighted by atomic mass is 9.92. The lowest BCUT2D eigenvalue weighted by molar-refractivity contribution is -0.137. The van der Waals surface area contributed by atoms with E-state index < -0.39 is 63.2 Å². The third kappa shape index (κ3) is 6.42. The SMILES string of the molecule is CC.CCN(c1nc(OCC23CCCN2CC(F)C3)nc2c(F)c(-c3ccc(F)c4sc(N)c(C#N)c34)c(C(F)(F)F)cc12)C1CCN(C(=O)C2(C#N)CC2)C1. The highest BCUT2D eigenvalue weighted by molar-refractivity contribution is 7.23. The van der Waals surface area contributed by atoms with Gasteiger partial charge in [0.2, 0.25) is 5.91 Å². The van der Waals surface area contributed by atoms with Crippen molar-refractivity contribution in [2.45, 2.75) is 83.2 Å². The zero-order valence-corrected chi connectivity index (χ0v) is 31.9. The van der Waals surface area contributed by atoms with Crippen molar-refractivity contribution in [3.8, 4) is 29.3 Å². The van der Waals surface area contributed by atoms with E-state index in [1.807, 2.05) is 24.8 Å². The summed E-state index contributed by atoms with van der Waals surface area (Å²) in [5.74, 6) is -2.60. The molecule has 0 spiro atoms. The van der Waals surface area contributed by atoms with Gasteiger partial charge in [-0.3, -0.25) is 9.69 Å². The number of amides is 1. The summed E-state index contributed by atoms with van der Waals surface area (Å²) in [6.45, 7) is 7.26. The third-order valence-electron chi connectivity index (χ3n) is 11.5. The number of aromatic nitrogens is 2. The van der Waals surface area contributed by atoms with E-state index >= 15 is 17.6 Å². The maximum absolute atomic E-state index is 17.3. The number of halogens is 6. The van der Waals surface area contributed by atoms with E-state index in [1.54, 1.807) is 16.7 Å². The number of nitriles is 2. The molecule has 56 heavy (non-hydrogen) atoms. The minimum Gasteiger partial charge on any atom is -0.461 e. The van der Waals surface area contributed by atoms with Crippen LogP contribution >= 0.6 is 11.3 Å². The number of thiophene rings is 1. The average Bonchev–Trinajstić information content (AvgIpc) is 3.40. The predicted octanol–water partition coefficient (Wildman–Crippen LogP) is 7.97. The molecule has 1 amide bonds. The first-order valence-corrected chi connectivity index (χ1v) is 19.6. The summed E-state index contributed by atoms with van der Waals surface area (Å²) < 4.78 is 98.2. The molecule has 2 aromatic heterocycles. The van der Waals surface area contributed by atoms with Gasteiger partial charge in [-0.05, 0) is 63.3 Å². The molecule has 5 heterocycles. The van der Waals surface area contributed by atoms with Crippen LogP contribution in [-0.4, -0.2) is 82.8 Å². The maximum Gasteiger partial charge on any atom is 0.417 e. The Morgan fingerprint density at radius 1 is 1.14 bits per heavy atom. The van der Waals surface area contributed by atoms with Crippen LogP contribution in [0.25, 0.3) is 32.1 Å². The number of anilines is 2. The van der Waals surface area contributed by atoms with Crippen molar-refractivity contribution in [2.24, 2.45) is 5.41 Å². The maximum atomic E-state index is 17.3. The van der Waals surface area contributed by atoms with Crippen molar-refractivity contribution < 1.29 is 35.9 Å². The Labute approximate surface area is 323 Å². The largest absolute Gasteiger partial charge is 0.461 e. The highest BCUT2D eigenvalue weighted by atomic mass is 32.1. The first-order valence-electron chi connectivity index (χ1n) is 18.8. The fraction of sp³-hybridized carbons (Fsp3) is 0.513. The minimum atomic E-state index is -5.15. The van der Waals surface area contributed by atoms with Crippen LogP contribution in [0, 0.1) is 39.7 Å². The molecule has 3 unspecified atom stereocenters. The Morgan fingerprint density at radius 2 is 1.89 bits per heavy atom. The van der Waals surface area contributed by atoms with Crippen molar-refractivity contribution in [1.82, 2.24) is 19.8 Å².